The number of imide groups is 1. The molecule has 2 rings (SSSR count). The van der Waals surface area contributed by atoms with Crippen LogP contribution in [0.5, 0.6) is 0 Å². The van der Waals surface area contributed by atoms with E-state index in [1.807, 2.05) is 0 Å². The summed E-state index contributed by atoms with van der Waals surface area (Å²) in [6.45, 7) is 0. The number of nitrogens with one attached hydrogen (secondary N) is 1. The molecule has 0 unspecified atom stereocenters. The van der Waals surface area contributed by atoms with Gasteiger partial charge in [0.05, 0.1) is 4.48 Å². The molecule has 0 aliphatic rings. The molecular weight excluding hydrogens is 354 g/mol. The maximum atomic E-state index is 11.9. The number of carbonyl (C=O) groups excluding carboxylic acids is 2. The summed E-state index contributed by atoms with van der Waals surface area (Å²) in [7, 11) is 0. The maximum Gasteiger partial charge on any atom is 0.265 e. The van der Waals surface area contributed by atoms with Gasteiger partial charge in [0, 0.05) is 10.6 Å². The quantitative estimate of drug-likeness (QED) is 0.836. The fourth-order valence-electron chi connectivity index (χ4n) is 1.60. The van der Waals surface area contributed by atoms with Crippen molar-refractivity contribution in [3.63, 3.8) is 0 Å². The topological polar surface area (TPSA) is 46.2 Å². The van der Waals surface area contributed by atoms with Gasteiger partial charge in [-0.15, -0.1) is 0 Å². The van der Waals surface area contributed by atoms with Crippen LogP contribution in [0, 0.1) is 0 Å². The fraction of sp³-hybridized carbons (Fsp3) is 0. The van der Waals surface area contributed by atoms with Gasteiger partial charge in [-0.1, -0.05) is 41.9 Å². The second kappa shape index (κ2) is 7.20. The third kappa shape index (κ3) is 4.55. The van der Waals surface area contributed by atoms with Crippen LogP contribution >= 0.6 is 27.5 Å². The molecule has 106 valence electrons. The van der Waals surface area contributed by atoms with E-state index >= 15 is 0 Å². The van der Waals surface area contributed by atoms with Gasteiger partial charge in [0.1, 0.15) is 0 Å². The standard InChI is InChI=1S/C16H11BrClNO2/c17-14(10-11-6-8-13(18)9-7-11)16(21)19-15(20)12-4-2-1-3-5-12/h1-10H,(H,19,20,21)/b14-10-. The van der Waals surface area contributed by atoms with Crippen molar-refractivity contribution in [2.24, 2.45) is 0 Å². The Morgan fingerprint density at radius 1 is 1.00 bits per heavy atom. The monoisotopic (exact) mass is 363 g/mol. The first-order valence-corrected chi connectivity index (χ1v) is 7.27. The third-order valence-electron chi connectivity index (χ3n) is 2.64. The van der Waals surface area contributed by atoms with Crippen molar-refractivity contribution in [3.05, 3.63) is 75.2 Å². The molecule has 3 nitrogen and oxygen atoms in total. The van der Waals surface area contributed by atoms with Crippen LogP contribution in [0.4, 0.5) is 0 Å². The van der Waals surface area contributed by atoms with Crippen molar-refractivity contribution < 1.29 is 9.59 Å². The molecule has 5 heteroatoms. The Bertz CT molecular complexity index is 681. The highest BCUT2D eigenvalue weighted by Crippen LogP contribution is 2.15. The van der Waals surface area contributed by atoms with Gasteiger partial charge in [-0.2, -0.15) is 0 Å². The van der Waals surface area contributed by atoms with E-state index in [0.29, 0.717) is 10.6 Å². The van der Waals surface area contributed by atoms with E-state index in [4.69, 9.17) is 11.6 Å². The SMILES string of the molecule is O=C(NC(=O)c1ccccc1)/C(Br)=C/c1ccc(Cl)cc1. The van der Waals surface area contributed by atoms with E-state index in [9.17, 15) is 9.59 Å². The number of carbonyl (C=O) groups is 2. The molecule has 0 aromatic heterocycles. The van der Waals surface area contributed by atoms with Crippen LogP contribution in [0.25, 0.3) is 6.08 Å². The first kappa shape index (κ1) is 15.5. The molecule has 0 radical (unpaired) electrons. The Labute approximate surface area is 135 Å². The van der Waals surface area contributed by atoms with Crippen LogP contribution in [0.2, 0.25) is 5.02 Å². The first-order valence-electron chi connectivity index (χ1n) is 6.10. The van der Waals surface area contributed by atoms with E-state index < -0.39 is 11.8 Å². The van der Waals surface area contributed by atoms with Crippen molar-refractivity contribution in [1.29, 1.82) is 0 Å². The zero-order chi connectivity index (χ0) is 15.2. The molecule has 0 saturated heterocycles. The van der Waals surface area contributed by atoms with Crippen molar-refractivity contribution in [3.8, 4) is 0 Å². The molecule has 21 heavy (non-hydrogen) atoms. The molecule has 2 amide bonds. The third-order valence-corrected chi connectivity index (χ3v) is 3.48. The van der Waals surface area contributed by atoms with Crippen LogP contribution in [0.3, 0.4) is 0 Å². The smallest absolute Gasteiger partial charge is 0.265 e. The van der Waals surface area contributed by atoms with Crippen molar-refractivity contribution in [2.45, 2.75) is 0 Å². The fourth-order valence-corrected chi connectivity index (χ4v) is 2.08. The van der Waals surface area contributed by atoms with E-state index in [2.05, 4.69) is 21.2 Å². The van der Waals surface area contributed by atoms with Crippen LogP contribution < -0.4 is 5.32 Å². The largest absolute Gasteiger partial charge is 0.288 e. The molecule has 2 aromatic rings. The molecule has 0 saturated carbocycles. The van der Waals surface area contributed by atoms with Gasteiger partial charge in [-0.25, -0.2) is 0 Å². The lowest BCUT2D eigenvalue weighted by molar-refractivity contribution is -0.115. The molecule has 0 spiro atoms. The van der Waals surface area contributed by atoms with Gasteiger partial charge in [0.25, 0.3) is 11.8 Å². The summed E-state index contributed by atoms with van der Waals surface area (Å²) in [6, 6.07) is 15.5. The van der Waals surface area contributed by atoms with Gasteiger partial charge < -0.3 is 0 Å². The molecular formula is C16H11BrClNO2. The first-order chi connectivity index (χ1) is 10.1. The van der Waals surface area contributed by atoms with E-state index in [0.717, 1.165) is 5.56 Å². The van der Waals surface area contributed by atoms with Crippen LogP contribution in [0.1, 0.15) is 15.9 Å². The number of rotatable bonds is 3. The predicted molar refractivity (Wildman–Crippen MR) is 87.3 cm³/mol. The molecule has 1 N–H and O–H groups in total. The Balaban J connectivity index is 2.06. The lowest BCUT2D eigenvalue weighted by atomic mass is 10.2. The van der Waals surface area contributed by atoms with Gasteiger partial charge in [-0.3, -0.25) is 14.9 Å². The van der Waals surface area contributed by atoms with Gasteiger partial charge in [0.15, 0.2) is 0 Å². The van der Waals surface area contributed by atoms with Crippen LogP contribution in [-0.4, -0.2) is 11.8 Å². The number of halogens is 2. The lowest BCUT2D eigenvalue weighted by Crippen LogP contribution is -2.30. The molecule has 0 atom stereocenters. The van der Waals surface area contributed by atoms with Crippen molar-refractivity contribution in [1.82, 2.24) is 5.32 Å². The van der Waals surface area contributed by atoms with Crippen molar-refractivity contribution in [2.75, 3.05) is 0 Å². The minimum Gasteiger partial charge on any atom is -0.288 e. The average molecular weight is 365 g/mol. The molecule has 0 bridgehead atoms. The maximum absolute atomic E-state index is 11.9. The number of amides is 2. The normalized spacial score (nSPS) is 11.0. The summed E-state index contributed by atoms with van der Waals surface area (Å²) in [4.78, 5) is 23.8. The lowest BCUT2D eigenvalue weighted by Gasteiger charge is -2.03. The summed E-state index contributed by atoms with van der Waals surface area (Å²) in [5.74, 6) is -0.944. The van der Waals surface area contributed by atoms with E-state index in [1.54, 1.807) is 60.7 Å². The second-order valence-electron chi connectivity index (χ2n) is 4.19. The Morgan fingerprint density at radius 2 is 1.62 bits per heavy atom. The molecule has 0 heterocycles. The summed E-state index contributed by atoms with van der Waals surface area (Å²) >= 11 is 8.95. The van der Waals surface area contributed by atoms with Gasteiger partial charge in [-0.05, 0) is 51.8 Å². The summed E-state index contributed by atoms with van der Waals surface area (Å²) in [5.41, 5.74) is 1.23. The predicted octanol–water partition coefficient (Wildman–Crippen LogP) is 4.03. The highest BCUT2D eigenvalue weighted by Gasteiger charge is 2.12. The second-order valence-corrected chi connectivity index (χ2v) is 5.48. The summed E-state index contributed by atoms with van der Waals surface area (Å²) in [5, 5.41) is 2.93. The molecule has 0 aliphatic carbocycles. The average Bonchev–Trinajstić information content (AvgIpc) is 2.50. The Hall–Kier alpha value is -1.91. The molecule has 0 aliphatic heterocycles. The molecule has 0 fully saturated rings. The van der Waals surface area contributed by atoms with Gasteiger partial charge in [0.2, 0.25) is 0 Å². The number of benzene rings is 2. The van der Waals surface area contributed by atoms with Crippen LogP contribution in [0.15, 0.2) is 59.1 Å². The minimum absolute atomic E-state index is 0.258. The molecule has 2 aromatic carbocycles. The van der Waals surface area contributed by atoms with Gasteiger partial charge >= 0.3 is 0 Å². The summed E-state index contributed by atoms with van der Waals surface area (Å²) in [6.07, 6.45) is 1.62. The highest BCUT2D eigenvalue weighted by atomic mass is 79.9. The Kier molecular flexibility index (Phi) is 5.31. The Morgan fingerprint density at radius 3 is 2.24 bits per heavy atom. The highest BCUT2D eigenvalue weighted by molar-refractivity contribution is 9.12. The summed E-state index contributed by atoms with van der Waals surface area (Å²) < 4.78 is 0.258. The number of hydrogen-bond donors (Lipinski definition) is 1. The van der Waals surface area contributed by atoms with Crippen molar-refractivity contribution >= 4 is 45.4 Å². The van der Waals surface area contributed by atoms with E-state index in [-0.39, 0.29) is 4.48 Å². The van der Waals surface area contributed by atoms with E-state index in [1.165, 1.54) is 0 Å². The zero-order valence-electron chi connectivity index (χ0n) is 10.8. The minimum atomic E-state index is -0.501. The van der Waals surface area contributed by atoms with Crippen LogP contribution in [-0.2, 0) is 4.79 Å². The zero-order valence-corrected chi connectivity index (χ0v) is 13.2. The number of hydrogen-bond acceptors (Lipinski definition) is 2.